The molecule has 2 bridgehead atoms. The summed E-state index contributed by atoms with van der Waals surface area (Å²) < 4.78 is 40.1. The third-order valence-electron chi connectivity index (χ3n) is 10.5. The minimum absolute atomic E-state index is 0.00789. The Morgan fingerprint density at radius 1 is 0.948 bits per heavy atom. The van der Waals surface area contributed by atoms with Gasteiger partial charge < -0.3 is 23.8 Å². The molecule has 11 nitrogen and oxygen atoms in total. The molecule has 2 fully saturated rings. The number of methoxy groups -OCH3 is 1. The number of amides is 1. The lowest BCUT2D eigenvalue weighted by molar-refractivity contribution is 0.0122. The summed E-state index contributed by atoms with van der Waals surface area (Å²) in [5.74, 6) is 1.05. The molecular weight excluding hydrogens is 761 g/mol. The second-order valence-corrected chi connectivity index (χ2v) is 16.0. The second kappa shape index (κ2) is 16.1. The Morgan fingerprint density at radius 2 is 1.67 bits per heavy atom. The molecule has 2 aliphatic heterocycles. The Balaban J connectivity index is 1.08. The van der Waals surface area contributed by atoms with Crippen LogP contribution in [0, 0.1) is 5.82 Å². The molecule has 8 rings (SSSR count). The molecule has 0 unspecified atom stereocenters. The summed E-state index contributed by atoms with van der Waals surface area (Å²) in [6, 6.07) is 23.8. The van der Waals surface area contributed by atoms with Crippen LogP contribution in [0.1, 0.15) is 55.1 Å². The lowest BCUT2D eigenvalue weighted by Gasteiger charge is -2.42. The quantitative estimate of drug-likeness (QED) is 0.117. The van der Waals surface area contributed by atoms with Crippen LogP contribution in [0.2, 0.25) is 5.02 Å². The zero-order chi connectivity index (χ0) is 40.6. The van der Waals surface area contributed by atoms with Gasteiger partial charge in [0.25, 0.3) is 0 Å². The largest absolute Gasteiger partial charge is 0.497 e. The molecule has 4 heterocycles. The Hall–Kier alpha value is -6.01. The second-order valence-electron chi connectivity index (χ2n) is 15.6. The predicted octanol–water partition coefficient (Wildman–Crippen LogP) is 9.25. The molecule has 0 saturated carbocycles. The van der Waals surface area contributed by atoms with Gasteiger partial charge in [-0.1, -0.05) is 60.1 Å². The SMILES string of the molecule is COc1ccc(COc2ccc(CCOc3nc(N4C[C@H]5CC[C@@H](C4)N5C(=O)OC(C)(C)C)c4cnc(-c5cccc6cccc(Cl)c56)c(F)c4n3)cc2C=O)cc1. The van der Waals surface area contributed by atoms with Crippen molar-refractivity contribution in [2.75, 3.05) is 31.7 Å². The first-order valence-electron chi connectivity index (χ1n) is 19.3. The van der Waals surface area contributed by atoms with Gasteiger partial charge >= 0.3 is 12.1 Å². The standard InChI is InChI=1S/C45H43ClFN5O6/c1-45(2,3)58-44(54)52-31-14-15-32(52)24-51(23-31)42-35-22-48-40(34-9-5-7-29-8-6-10-36(46)38(29)34)39(47)41(35)49-43(50-42)56-20-19-27-13-18-37(30(21-27)25-53)57-26-28-11-16-33(55-4)17-12-28/h5-13,16-18,21-22,25,31-32H,14-15,19-20,23-24,26H2,1-4H3/t31-,32+. The molecule has 0 N–H and O–H groups in total. The number of carbonyl (C=O) groups excluding carboxylic acids is 2. The van der Waals surface area contributed by atoms with Crippen LogP contribution in [0.15, 0.2) is 85.1 Å². The van der Waals surface area contributed by atoms with Gasteiger partial charge in [0.05, 0.1) is 36.8 Å². The van der Waals surface area contributed by atoms with Gasteiger partial charge in [-0.05, 0) is 80.5 Å². The van der Waals surface area contributed by atoms with Crippen molar-refractivity contribution >= 4 is 51.5 Å². The van der Waals surface area contributed by atoms with E-state index in [9.17, 15) is 9.59 Å². The van der Waals surface area contributed by atoms with Crippen molar-refractivity contribution in [2.24, 2.45) is 0 Å². The first-order chi connectivity index (χ1) is 28.0. The molecule has 2 atom stereocenters. The first kappa shape index (κ1) is 38.8. The van der Waals surface area contributed by atoms with Crippen LogP contribution >= 0.6 is 11.6 Å². The Bertz CT molecular complexity index is 2490. The molecule has 13 heteroatoms. The number of aldehydes is 1. The summed E-state index contributed by atoms with van der Waals surface area (Å²) in [7, 11) is 1.61. The zero-order valence-electron chi connectivity index (χ0n) is 32.7. The molecule has 2 aliphatic rings. The van der Waals surface area contributed by atoms with Gasteiger partial charge in [-0.15, -0.1) is 0 Å². The van der Waals surface area contributed by atoms with Crippen LogP contribution in [0.25, 0.3) is 32.9 Å². The minimum Gasteiger partial charge on any atom is -0.497 e. The van der Waals surface area contributed by atoms with Gasteiger partial charge in [-0.2, -0.15) is 9.97 Å². The highest BCUT2D eigenvalue weighted by atomic mass is 35.5. The van der Waals surface area contributed by atoms with Gasteiger partial charge in [0.2, 0.25) is 0 Å². The molecule has 58 heavy (non-hydrogen) atoms. The van der Waals surface area contributed by atoms with E-state index in [2.05, 4.69) is 14.9 Å². The molecule has 0 aliphatic carbocycles. The number of hydrogen-bond acceptors (Lipinski definition) is 10. The van der Waals surface area contributed by atoms with Gasteiger partial charge in [0.1, 0.15) is 40.7 Å². The Morgan fingerprint density at radius 3 is 2.38 bits per heavy atom. The number of halogens is 2. The van der Waals surface area contributed by atoms with E-state index >= 15 is 4.39 Å². The smallest absolute Gasteiger partial charge is 0.410 e. The topological polar surface area (TPSA) is 116 Å². The third-order valence-corrected chi connectivity index (χ3v) is 10.8. The molecule has 0 radical (unpaired) electrons. The van der Waals surface area contributed by atoms with E-state index in [1.54, 1.807) is 37.6 Å². The fourth-order valence-corrected chi connectivity index (χ4v) is 8.10. The first-order valence-corrected chi connectivity index (χ1v) is 19.6. The fourth-order valence-electron chi connectivity index (χ4n) is 7.82. The van der Waals surface area contributed by atoms with Crippen molar-refractivity contribution in [3.63, 3.8) is 0 Å². The lowest BCUT2D eigenvalue weighted by atomic mass is 10.0. The number of nitrogens with zero attached hydrogens (tertiary/aromatic N) is 5. The van der Waals surface area contributed by atoms with Crippen molar-refractivity contribution in [2.45, 2.75) is 64.3 Å². The number of piperazine rings is 1. The monoisotopic (exact) mass is 803 g/mol. The summed E-state index contributed by atoms with van der Waals surface area (Å²) in [6.45, 7) is 6.93. The van der Waals surface area contributed by atoms with Gasteiger partial charge in [-0.25, -0.2) is 9.18 Å². The maximum atomic E-state index is 17.0. The molecule has 2 saturated heterocycles. The van der Waals surface area contributed by atoms with Crippen LogP contribution < -0.4 is 19.1 Å². The van der Waals surface area contributed by atoms with E-state index in [-0.39, 0.29) is 48.6 Å². The van der Waals surface area contributed by atoms with Crippen molar-refractivity contribution in [1.82, 2.24) is 19.9 Å². The normalized spacial score (nSPS) is 16.4. The number of ether oxygens (including phenoxy) is 4. The van der Waals surface area contributed by atoms with Gasteiger partial charge in [0.15, 0.2) is 12.1 Å². The summed E-state index contributed by atoms with van der Waals surface area (Å²) in [5, 5.41) is 2.44. The van der Waals surface area contributed by atoms with Crippen LogP contribution in [0.4, 0.5) is 15.0 Å². The average Bonchev–Trinajstić information content (AvgIpc) is 3.49. The highest BCUT2D eigenvalue weighted by Gasteiger charge is 2.45. The number of rotatable bonds is 11. The Labute approximate surface area is 340 Å². The van der Waals surface area contributed by atoms with E-state index < -0.39 is 11.4 Å². The highest BCUT2D eigenvalue weighted by molar-refractivity contribution is 6.36. The maximum Gasteiger partial charge on any atom is 0.410 e. The molecule has 2 aromatic heterocycles. The molecule has 298 valence electrons. The van der Waals surface area contributed by atoms with E-state index in [1.807, 2.05) is 80.3 Å². The highest BCUT2D eigenvalue weighted by Crippen LogP contribution is 2.40. The van der Waals surface area contributed by atoms with E-state index in [1.165, 1.54) is 0 Å². The molecular formula is C45H43ClFN5O6. The van der Waals surface area contributed by atoms with Crippen molar-refractivity contribution in [1.29, 1.82) is 0 Å². The van der Waals surface area contributed by atoms with Gasteiger partial charge in [0, 0.05) is 41.7 Å². The molecule has 1 amide bonds. The number of pyridine rings is 1. The third kappa shape index (κ3) is 7.93. The van der Waals surface area contributed by atoms with E-state index in [0.717, 1.165) is 41.4 Å². The zero-order valence-corrected chi connectivity index (χ0v) is 33.5. The molecule has 0 spiro atoms. The number of carbonyl (C=O) groups is 2. The van der Waals surface area contributed by atoms with Gasteiger partial charge in [-0.3, -0.25) is 14.7 Å². The van der Waals surface area contributed by atoms with E-state index in [0.29, 0.717) is 58.0 Å². The number of fused-ring (bicyclic) bond motifs is 4. The van der Waals surface area contributed by atoms with Crippen LogP contribution in [-0.4, -0.2) is 76.7 Å². The maximum absolute atomic E-state index is 17.0. The van der Waals surface area contributed by atoms with Crippen molar-refractivity contribution in [3.05, 3.63) is 113 Å². The predicted molar refractivity (Wildman–Crippen MR) is 221 cm³/mol. The van der Waals surface area contributed by atoms with Crippen molar-refractivity contribution < 1.29 is 32.9 Å². The fraction of sp³-hybridized carbons (Fsp3) is 0.311. The lowest BCUT2D eigenvalue weighted by Crippen LogP contribution is -2.57. The van der Waals surface area contributed by atoms with Crippen LogP contribution in [0.3, 0.4) is 0 Å². The number of anilines is 1. The Kier molecular flexibility index (Phi) is 10.8. The summed E-state index contributed by atoms with van der Waals surface area (Å²) >= 11 is 6.65. The average molecular weight is 804 g/mol. The molecule has 6 aromatic rings. The summed E-state index contributed by atoms with van der Waals surface area (Å²) in [6.07, 6.45) is 4.05. The minimum atomic E-state index is -0.630. The number of benzene rings is 4. The van der Waals surface area contributed by atoms with Crippen LogP contribution in [0.5, 0.6) is 17.5 Å². The molecule has 4 aromatic carbocycles. The summed E-state index contributed by atoms with van der Waals surface area (Å²) in [5.41, 5.74) is 2.25. The van der Waals surface area contributed by atoms with E-state index in [4.69, 9.17) is 35.5 Å². The number of aromatic nitrogens is 3. The van der Waals surface area contributed by atoms with Crippen LogP contribution in [-0.2, 0) is 17.8 Å². The summed E-state index contributed by atoms with van der Waals surface area (Å²) in [4.78, 5) is 43.4. The van der Waals surface area contributed by atoms with Crippen molar-refractivity contribution in [3.8, 4) is 28.8 Å². The number of hydrogen-bond donors (Lipinski definition) is 0.